The molecule has 0 saturated carbocycles. The van der Waals surface area contributed by atoms with Gasteiger partial charge in [-0.1, -0.05) is 0 Å². The lowest BCUT2D eigenvalue weighted by atomic mass is 10.4. The number of guanidine groups is 24. The SMILES string of the molecule is CN(C)C1=NC2=NC(N(C)C)=NC3=NC(N4C5=NC6=NC(N(C)C)=NC7=NC(=NC(=N5)N67)N(C)C5=NC6=NC(N(C)C)=NC7=NC(=NC(=N5)N67)N(C)C5=NC6=NC4=NC4=NC(N(C)C)=NC(=N5)N46)=NC(=N1)N23. The largest absolute Gasteiger partial charge is 0.347 e. The van der Waals surface area contributed by atoms with Crippen molar-refractivity contribution < 1.29 is 0 Å². The first-order valence-corrected chi connectivity index (χ1v) is 21.5. The summed E-state index contributed by atoms with van der Waals surface area (Å²) in [5.41, 5.74) is 0. The van der Waals surface area contributed by atoms with Crippen molar-refractivity contribution in [1.29, 1.82) is 0 Å². The van der Waals surface area contributed by atoms with E-state index < -0.39 is 0 Å². The van der Waals surface area contributed by atoms with E-state index in [0.29, 0.717) is 17.9 Å². The van der Waals surface area contributed by atoms with Gasteiger partial charge >= 0.3 is 0 Å². The zero-order valence-corrected chi connectivity index (χ0v) is 40.1. The zero-order chi connectivity index (χ0) is 49.8. The quantitative estimate of drug-likeness (QED) is 0.224. The minimum absolute atomic E-state index is 0.0212. The van der Waals surface area contributed by atoms with Crippen LogP contribution < -0.4 is 0 Å². The molecule has 13 aliphatic heterocycles. The topological polar surface area (TPSA) is 336 Å². The summed E-state index contributed by atoms with van der Waals surface area (Å²) in [7, 11) is 21.3. The van der Waals surface area contributed by atoms with Gasteiger partial charge < -0.3 is 24.5 Å². The Labute approximate surface area is 405 Å². The minimum Gasteiger partial charge on any atom is -0.347 e. The van der Waals surface area contributed by atoms with Crippen LogP contribution in [0.2, 0.25) is 0 Å². The van der Waals surface area contributed by atoms with E-state index in [-0.39, 0.29) is 125 Å². The lowest BCUT2D eigenvalue weighted by molar-refractivity contribution is 0.600. The fourth-order valence-corrected chi connectivity index (χ4v) is 7.37. The van der Waals surface area contributed by atoms with Gasteiger partial charge in [0.25, 0.3) is 0 Å². The van der Waals surface area contributed by atoms with Gasteiger partial charge in [0.15, 0.2) is 0 Å². The summed E-state index contributed by atoms with van der Waals surface area (Å²) < 4.78 is 0. The van der Waals surface area contributed by atoms with Crippen LogP contribution >= 0.6 is 0 Å². The molecule has 0 aromatic carbocycles. The third-order valence-electron chi connectivity index (χ3n) is 11.0. The highest BCUT2D eigenvalue weighted by Gasteiger charge is 2.46. The maximum absolute atomic E-state index is 5.05. The molecule has 9 bridgehead atoms. The fourth-order valence-electron chi connectivity index (χ4n) is 7.37. The monoisotopic (exact) mass is 972 g/mol. The first-order valence-electron chi connectivity index (χ1n) is 21.5. The Balaban J connectivity index is 1.09. The summed E-state index contributed by atoms with van der Waals surface area (Å²) in [6.07, 6.45) is 0. The molecule has 13 heterocycles. The maximum atomic E-state index is 5.05. The standard InChI is InChI=1S/C36H36N36/c1-61(2)13-37-22-38-14(62(3)4)44-28-56-34(55-27(43-13)68(22)28)72-35-57-29-45-16(64(7)8)41-25-49-20(53-32(59-35)70(25)29)66(11)18-47-23-39-15(63(5)6)40-24-48-19(52-31(51-18)69(23)24)67(12)21-50-26-42-17(65(9)10)46-30-58-36(72)60-33(54-21)71(26)30/h1-12H3. The van der Waals surface area contributed by atoms with Crippen LogP contribution in [0.25, 0.3) is 0 Å². The van der Waals surface area contributed by atoms with Gasteiger partial charge in [0.05, 0.1) is 0 Å². The van der Waals surface area contributed by atoms with Crippen molar-refractivity contribution in [3.8, 4) is 0 Å². The molecular weight excluding hydrogens is 937 g/mol. The van der Waals surface area contributed by atoms with E-state index >= 15 is 0 Å². The van der Waals surface area contributed by atoms with Gasteiger partial charge in [0, 0.05) is 84.6 Å². The molecule has 13 aliphatic rings. The van der Waals surface area contributed by atoms with Gasteiger partial charge in [-0.25, -0.2) is 24.5 Å². The molecule has 0 aliphatic carbocycles. The molecule has 0 saturated heterocycles. The molecule has 0 atom stereocenters. The molecule has 360 valence electrons. The highest BCUT2D eigenvalue weighted by Crippen LogP contribution is 2.28. The fraction of sp³-hybridized carbons (Fsp3) is 0.333. The van der Waals surface area contributed by atoms with Crippen LogP contribution in [0.4, 0.5) is 0 Å². The Hall–Kier alpha value is -10.3. The first kappa shape index (κ1) is 41.8. The summed E-state index contributed by atoms with van der Waals surface area (Å²) in [5.74, 6) is 2.83. The van der Waals surface area contributed by atoms with Crippen LogP contribution in [-0.2, 0) is 0 Å². The van der Waals surface area contributed by atoms with E-state index in [1.165, 1.54) is 24.5 Å². The Morgan fingerprint density at radius 2 is 0.306 bits per heavy atom. The number of rotatable bonds is 0. The molecule has 0 amide bonds. The Bertz CT molecular complexity index is 3390. The van der Waals surface area contributed by atoms with E-state index in [0.717, 1.165) is 0 Å². The third kappa shape index (κ3) is 6.23. The molecule has 0 unspecified atom stereocenters. The van der Waals surface area contributed by atoms with Crippen LogP contribution in [0.1, 0.15) is 0 Å². The third-order valence-corrected chi connectivity index (χ3v) is 11.0. The molecule has 36 heteroatoms. The molecule has 0 radical (unpaired) electrons. The maximum Gasteiger partial charge on any atom is 0.246 e. The summed E-state index contributed by atoms with van der Waals surface area (Å²) in [6, 6.07) is 0. The number of hydrogen-bond donors (Lipinski definition) is 0. The molecule has 13 rings (SSSR count). The average molecular weight is 973 g/mol. The summed E-state index contributed by atoms with van der Waals surface area (Å²) in [6.45, 7) is 0. The van der Waals surface area contributed by atoms with Crippen LogP contribution in [0.3, 0.4) is 0 Å². The second-order valence-corrected chi connectivity index (χ2v) is 17.2. The molecule has 72 heavy (non-hydrogen) atoms. The smallest absolute Gasteiger partial charge is 0.246 e. The zero-order valence-electron chi connectivity index (χ0n) is 40.1. The number of fused-ring (bicyclic) bond motifs is 3. The van der Waals surface area contributed by atoms with Gasteiger partial charge in [-0.3, -0.25) is 9.80 Å². The molecular formula is C36H36N36. The van der Waals surface area contributed by atoms with E-state index in [9.17, 15) is 0 Å². The second kappa shape index (κ2) is 14.6. The molecule has 36 nitrogen and oxygen atoms in total. The van der Waals surface area contributed by atoms with Gasteiger partial charge in [0.2, 0.25) is 143 Å². The molecule has 0 fully saturated rings. The van der Waals surface area contributed by atoms with Gasteiger partial charge in [-0.05, 0) is 0 Å². The van der Waals surface area contributed by atoms with Crippen molar-refractivity contribution in [2.24, 2.45) is 120 Å². The van der Waals surface area contributed by atoms with Crippen LogP contribution in [0.5, 0.6) is 0 Å². The highest BCUT2D eigenvalue weighted by molar-refractivity contribution is 6.39. The van der Waals surface area contributed by atoms with Crippen molar-refractivity contribution >= 4 is 143 Å². The highest BCUT2D eigenvalue weighted by atomic mass is 15.6. The molecule has 0 N–H and O–H groups in total. The summed E-state index contributed by atoms with van der Waals surface area (Å²) in [5, 5.41) is 0. The second-order valence-electron chi connectivity index (χ2n) is 17.2. The Kier molecular flexibility index (Phi) is 8.48. The van der Waals surface area contributed by atoms with Crippen molar-refractivity contribution in [2.75, 3.05) is 84.6 Å². The van der Waals surface area contributed by atoms with E-state index in [2.05, 4.69) is 9.98 Å². The molecule has 0 spiro atoms. The lowest BCUT2D eigenvalue weighted by Gasteiger charge is -2.37. The summed E-state index contributed by atoms with van der Waals surface area (Å²) in [4.78, 5) is 136. The van der Waals surface area contributed by atoms with Crippen LogP contribution in [-0.4, -0.2) is 286 Å². The number of nitrogens with zero attached hydrogens (tertiary/aromatic N) is 36. The molecule has 0 aromatic rings. The lowest BCUT2D eigenvalue weighted by Crippen LogP contribution is -2.57. The number of aliphatic imine (C=N–C) groups is 24. The van der Waals surface area contributed by atoms with Crippen molar-refractivity contribution in [3.05, 3.63) is 0 Å². The normalized spacial score (nSPS) is 22.6. The first-order chi connectivity index (χ1) is 34.5. The van der Waals surface area contributed by atoms with Gasteiger partial charge in [-0.2, -0.15) is 120 Å². The summed E-state index contributed by atoms with van der Waals surface area (Å²) >= 11 is 0. The van der Waals surface area contributed by atoms with E-state index in [4.69, 9.17) is 110 Å². The van der Waals surface area contributed by atoms with Gasteiger partial charge in [-0.15, -0.1) is 0 Å². The Morgan fingerprint density at radius 3 is 0.486 bits per heavy atom. The van der Waals surface area contributed by atoms with Crippen molar-refractivity contribution in [2.45, 2.75) is 0 Å². The van der Waals surface area contributed by atoms with Gasteiger partial charge in [0.1, 0.15) is 0 Å². The van der Waals surface area contributed by atoms with E-state index in [1.807, 2.05) is 0 Å². The Morgan fingerprint density at radius 1 is 0.181 bits per heavy atom. The predicted molar refractivity (Wildman–Crippen MR) is 272 cm³/mol. The van der Waals surface area contributed by atoms with Crippen molar-refractivity contribution in [1.82, 2.24) is 58.8 Å². The molecule has 0 aromatic heterocycles. The average Bonchev–Trinajstić information content (AvgIpc) is 3.34. The minimum atomic E-state index is -0.117. The number of hydrogen-bond acceptors (Lipinski definition) is 36. The van der Waals surface area contributed by atoms with Crippen molar-refractivity contribution in [3.63, 3.8) is 0 Å². The van der Waals surface area contributed by atoms with E-state index in [1.54, 1.807) is 119 Å². The van der Waals surface area contributed by atoms with Crippen LogP contribution in [0.15, 0.2) is 120 Å². The predicted octanol–water partition coefficient (Wildman–Crippen LogP) is -4.11. The van der Waals surface area contributed by atoms with Crippen LogP contribution in [0, 0.1) is 0 Å².